The second kappa shape index (κ2) is 9.87. The minimum absolute atomic E-state index is 0.431. The molecule has 1 aromatic carbocycles. The molecule has 2 saturated heterocycles. The van der Waals surface area contributed by atoms with Gasteiger partial charge in [0.15, 0.2) is 17.0 Å². The highest BCUT2D eigenvalue weighted by atomic mass is 16.5. The first-order valence-corrected chi connectivity index (χ1v) is 13.7. The van der Waals surface area contributed by atoms with Gasteiger partial charge in [0.05, 0.1) is 24.2 Å². The fraction of sp³-hybridized carbons (Fsp3) is 0.536. The Bertz CT molecular complexity index is 1530. The zero-order valence-electron chi connectivity index (χ0n) is 23.1. The Morgan fingerprint density at radius 2 is 1.77 bits per heavy atom. The number of ether oxygens (including phenoxy) is 1. The number of para-hydroxylation sites is 2. The van der Waals surface area contributed by atoms with Crippen LogP contribution < -0.4 is 4.90 Å². The summed E-state index contributed by atoms with van der Waals surface area (Å²) in [5.74, 6) is 2.89. The molecule has 11 nitrogen and oxygen atoms in total. The van der Waals surface area contributed by atoms with Gasteiger partial charge in [-0.25, -0.2) is 9.97 Å². The zero-order valence-corrected chi connectivity index (χ0v) is 23.1. The molecule has 4 aromatic rings. The van der Waals surface area contributed by atoms with Gasteiger partial charge in [0.2, 0.25) is 5.95 Å². The number of aliphatic carboxylic acids is 1. The van der Waals surface area contributed by atoms with Crippen LogP contribution in [0.5, 0.6) is 0 Å². The third kappa shape index (κ3) is 4.53. The van der Waals surface area contributed by atoms with E-state index in [2.05, 4.69) is 14.4 Å². The van der Waals surface area contributed by atoms with E-state index in [9.17, 15) is 9.90 Å². The highest BCUT2D eigenvalue weighted by Gasteiger charge is 2.37. The van der Waals surface area contributed by atoms with Gasteiger partial charge >= 0.3 is 5.97 Å². The summed E-state index contributed by atoms with van der Waals surface area (Å²) in [7, 11) is 2.03. The maximum Gasteiger partial charge on any atom is 0.323 e. The minimum Gasteiger partial charge on any atom is -0.480 e. The van der Waals surface area contributed by atoms with Crippen LogP contribution in [0.1, 0.15) is 38.3 Å². The molecule has 2 aliphatic rings. The molecule has 0 aliphatic carbocycles. The molecule has 2 aliphatic heterocycles. The van der Waals surface area contributed by atoms with E-state index >= 15 is 0 Å². The number of aryl methyl sites for hydroxylation is 2. The monoisotopic (exact) mass is 532 g/mol. The number of likely N-dealkylation sites (tertiary alicyclic amines) is 1. The topological polar surface area (TPSA) is 114 Å². The first kappa shape index (κ1) is 25.7. The third-order valence-corrected chi connectivity index (χ3v) is 8.42. The van der Waals surface area contributed by atoms with Crippen molar-refractivity contribution in [1.82, 2.24) is 34.0 Å². The summed E-state index contributed by atoms with van der Waals surface area (Å²) in [6.07, 6.45) is 2.69. The molecule has 0 saturated carbocycles. The van der Waals surface area contributed by atoms with Gasteiger partial charge in [0, 0.05) is 26.6 Å². The van der Waals surface area contributed by atoms with E-state index in [1.165, 1.54) is 0 Å². The molecule has 0 unspecified atom stereocenters. The number of fused-ring (bicyclic) bond motifs is 2. The lowest BCUT2D eigenvalue weighted by Gasteiger charge is -2.40. The number of piperidine rings is 1. The Morgan fingerprint density at radius 1 is 1.05 bits per heavy atom. The van der Waals surface area contributed by atoms with Crippen LogP contribution in [0, 0.1) is 12.8 Å². The van der Waals surface area contributed by atoms with Gasteiger partial charge in [-0.3, -0.25) is 14.3 Å². The number of carboxylic acids is 1. The molecule has 39 heavy (non-hydrogen) atoms. The Labute approximate surface area is 227 Å². The van der Waals surface area contributed by atoms with Crippen LogP contribution in [-0.4, -0.2) is 90.0 Å². The van der Waals surface area contributed by atoms with E-state index in [1.807, 2.05) is 42.8 Å². The number of aromatic nitrogens is 6. The largest absolute Gasteiger partial charge is 0.480 e. The fourth-order valence-corrected chi connectivity index (χ4v) is 5.85. The van der Waals surface area contributed by atoms with E-state index < -0.39 is 11.5 Å². The highest BCUT2D eigenvalue weighted by molar-refractivity contribution is 5.86. The second-order valence-electron chi connectivity index (χ2n) is 11.2. The van der Waals surface area contributed by atoms with Gasteiger partial charge in [0.25, 0.3) is 0 Å². The number of anilines is 1. The molecule has 0 spiro atoms. The van der Waals surface area contributed by atoms with Gasteiger partial charge in [-0.1, -0.05) is 12.1 Å². The lowest BCUT2D eigenvalue weighted by molar-refractivity contribution is -0.150. The number of hydrogen-bond acceptors (Lipinski definition) is 8. The second-order valence-corrected chi connectivity index (χ2v) is 11.2. The molecule has 2 fully saturated rings. The van der Waals surface area contributed by atoms with Crippen LogP contribution in [0.2, 0.25) is 0 Å². The maximum absolute atomic E-state index is 11.7. The Balaban J connectivity index is 1.37. The molecule has 1 N–H and O–H groups in total. The molecular weight excluding hydrogens is 496 g/mol. The molecule has 206 valence electrons. The molecule has 3 aromatic heterocycles. The molecule has 11 heteroatoms. The van der Waals surface area contributed by atoms with Crippen molar-refractivity contribution in [2.75, 3.05) is 44.3 Å². The first-order chi connectivity index (χ1) is 18.7. The predicted molar refractivity (Wildman–Crippen MR) is 148 cm³/mol. The maximum atomic E-state index is 11.7. The SMILES string of the molecule is Cc1nc2ccccc2n1-c1nc(N2CCOCC2)c2nc(CC3CCN(C(C)(C)C(=O)O)CC3)n(C)c2n1. The van der Waals surface area contributed by atoms with Crippen molar-refractivity contribution in [3.05, 3.63) is 35.9 Å². The van der Waals surface area contributed by atoms with Crippen LogP contribution in [-0.2, 0) is 23.0 Å². The molecule has 0 bridgehead atoms. The van der Waals surface area contributed by atoms with Crippen LogP contribution in [0.4, 0.5) is 5.82 Å². The standard InChI is InChI=1S/C28H36N8O3/c1-18-29-20-7-5-6-8-21(20)36(18)27-31-24-23(25(32-27)34-13-15-39-16-14-34)30-22(33(24)4)17-19-9-11-35(12-10-19)28(2,3)26(37)38/h5-8,19H,9-17H2,1-4H3,(H,37,38). The quantitative estimate of drug-likeness (QED) is 0.400. The predicted octanol–water partition coefficient (Wildman–Crippen LogP) is 2.96. The smallest absolute Gasteiger partial charge is 0.323 e. The average molecular weight is 533 g/mol. The summed E-state index contributed by atoms with van der Waals surface area (Å²) in [4.78, 5) is 36.0. The summed E-state index contributed by atoms with van der Waals surface area (Å²) >= 11 is 0. The van der Waals surface area contributed by atoms with E-state index in [0.717, 1.165) is 85.1 Å². The number of rotatable bonds is 6. The van der Waals surface area contributed by atoms with Gasteiger partial charge in [-0.05, 0) is 64.8 Å². The lowest BCUT2D eigenvalue weighted by Crippen LogP contribution is -2.53. The van der Waals surface area contributed by atoms with Gasteiger partial charge < -0.3 is 19.3 Å². The van der Waals surface area contributed by atoms with Crippen molar-refractivity contribution >= 4 is 34.0 Å². The number of benzene rings is 1. The van der Waals surface area contributed by atoms with Crippen LogP contribution in [0.15, 0.2) is 24.3 Å². The number of morpholine rings is 1. The van der Waals surface area contributed by atoms with E-state index in [1.54, 1.807) is 13.8 Å². The Hall–Kier alpha value is -3.57. The molecule has 5 heterocycles. The zero-order chi connectivity index (χ0) is 27.3. The molecule has 0 atom stereocenters. The van der Waals surface area contributed by atoms with Crippen molar-refractivity contribution in [3.63, 3.8) is 0 Å². The average Bonchev–Trinajstić information content (AvgIpc) is 3.44. The summed E-state index contributed by atoms with van der Waals surface area (Å²) in [6, 6.07) is 8.05. The van der Waals surface area contributed by atoms with Crippen molar-refractivity contribution in [2.45, 2.75) is 45.6 Å². The van der Waals surface area contributed by atoms with Crippen molar-refractivity contribution in [2.24, 2.45) is 13.0 Å². The fourth-order valence-electron chi connectivity index (χ4n) is 5.85. The summed E-state index contributed by atoms with van der Waals surface area (Å²) in [5, 5.41) is 9.63. The van der Waals surface area contributed by atoms with E-state index in [-0.39, 0.29) is 0 Å². The van der Waals surface area contributed by atoms with Gasteiger partial charge in [-0.2, -0.15) is 9.97 Å². The summed E-state index contributed by atoms with van der Waals surface area (Å²) in [5.41, 5.74) is 2.65. The third-order valence-electron chi connectivity index (χ3n) is 8.42. The van der Waals surface area contributed by atoms with Crippen LogP contribution in [0.3, 0.4) is 0 Å². The van der Waals surface area contributed by atoms with Crippen molar-refractivity contribution < 1.29 is 14.6 Å². The Kier molecular flexibility index (Phi) is 6.50. The van der Waals surface area contributed by atoms with Gasteiger partial charge in [0.1, 0.15) is 17.2 Å². The number of nitrogens with zero attached hydrogens (tertiary/aromatic N) is 8. The van der Waals surface area contributed by atoms with Gasteiger partial charge in [-0.15, -0.1) is 0 Å². The summed E-state index contributed by atoms with van der Waals surface area (Å²) < 4.78 is 9.75. The van der Waals surface area contributed by atoms with Crippen molar-refractivity contribution in [1.29, 1.82) is 0 Å². The summed E-state index contributed by atoms with van der Waals surface area (Å²) in [6.45, 7) is 9.89. The Morgan fingerprint density at radius 3 is 2.49 bits per heavy atom. The minimum atomic E-state index is -0.850. The molecule has 0 amide bonds. The molecule has 0 radical (unpaired) electrons. The molecular formula is C28H36N8O3. The normalized spacial score (nSPS) is 17.9. The van der Waals surface area contributed by atoms with E-state index in [4.69, 9.17) is 24.7 Å². The first-order valence-electron chi connectivity index (χ1n) is 13.7. The highest BCUT2D eigenvalue weighted by Crippen LogP contribution is 2.31. The number of hydrogen-bond donors (Lipinski definition) is 1. The number of imidazole rings is 2. The van der Waals surface area contributed by atoms with Crippen molar-refractivity contribution in [3.8, 4) is 5.95 Å². The molecule has 6 rings (SSSR count). The van der Waals surface area contributed by atoms with Crippen LogP contribution in [0.25, 0.3) is 28.1 Å². The number of carbonyl (C=O) groups is 1. The van der Waals surface area contributed by atoms with Crippen LogP contribution >= 0.6 is 0 Å². The van der Waals surface area contributed by atoms with E-state index in [0.29, 0.717) is 25.1 Å². The lowest BCUT2D eigenvalue weighted by atomic mass is 9.90. The number of carboxylic acid groups (broad SMARTS) is 1.